The largest absolute Gasteiger partial charge is 0.469 e. The number of ether oxygens (including phenoxy) is 3. The number of hydrogen-bond donors (Lipinski definition) is 0. The third-order valence-electron chi connectivity index (χ3n) is 8.08. The number of aldehydes is 1. The molecule has 7 atom stereocenters. The van der Waals surface area contributed by atoms with E-state index in [9.17, 15) is 24.0 Å². The lowest BCUT2D eigenvalue weighted by atomic mass is 9.43. The van der Waals surface area contributed by atoms with Crippen molar-refractivity contribution in [2.75, 3.05) is 7.11 Å². The van der Waals surface area contributed by atoms with Crippen molar-refractivity contribution >= 4 is 30.0 Å². The van der Waals surface area contributed by atoms with Crippen molar-refractivity contribution in [3.8, 4) is 0 Å². The predicted molar refractivity (Wildman–Crippen MR) is 111 cm³/mol. The predicted octanol–water partition coefficient (Wildman–Crippen LogP) is 2.81. The molecule has 0 unspecified atom stereocenters. The van der Waals surface area contributed by atoms with Gasteiger partial charge < -0.3 is 18.6 Å². The quantitative estimate of drug-likeness (QED) is 0.379. The fourth-order valence-corrected chi connectivity index (χ4v) is 6.69. The average molecular weight is 460 g/mol. The summed E-state index contributed by atoms with van der Waals surface area (Å²) in [5.41, 5.74) is -1.25. The van der Waals surface area contributed by atoms with E-state index in [1.807, 2.05) is 13.8 Å². The number of furan rings is 1. The second kappa shape index (κ2) is 8.11. The number of esters is 3. The molecule has 1 saturated heterocycles. The Kier molecular flexibility index (Phi) is 5.70. The van der Waals surface area contributed by atoms with Gasteiger partial charge in [-0.05, 0) is 36.2 Å². The Balaban J connectivity index is 1.81. The maximum Gasteiger partial charge on any atom is 0.310 e. The summed E-state index contributed by atoms with van der Waals surface area (Å²) in [4.78, 5) is 62.9. The molecular formula is C24H28O9. The van der Waals surface area contributed by atoms with Gasteiger partial charge >= 0.3 is 17.9 Å². The van der Waals surface area contributed by atoms with Crippen LogP contribution in [0.3, 0.4) is 0 Å². The van der Waals surface area contributed by atoms with Gasteiger partial charge in [0.2, 0.25) is 0 Å². The van der Waals surface area contributed by atoms with Crippen LogP contribution < -0.4 is 0 Å². The second-order valence-corrected chi connectivity index (χ2v) is 9.84. The van der Waals surface area contributed by atoms with E-state index in [1.54, 1.807) is 6.07 Å². The lowest BCUT2D eigenvalue weighted by molar-refractivity contribution is -0.210. The molecule has 9 nitrogen and oxygen atoms in total. The van der Waals surface area contributed by atoms with Crippen LogP contribution in [-0.2, 0) is 33.4 Å². The third kappa shape index (κ3) is 3.48. The molecule has 1 aliphatic heterocycles. The molecule has 0 spiro atoms. The molecule has 3 fully saturated rings. The summed E-state index contributed by atoms with van der Waals surface area (Å²) in [6.45, 7) is 4.95. The first-order valence-electron chi connectivity index (χ1n) is 11.1. The van der Waals surface area contributed by atoms with E-state index in [0.29, 0.717) is 24.7 Å². The van der Waals surface area contributed by atoms with Crippen LogP contribution in [0, 0.1) is 28.6 Å². The molecule has 0 radical (unpaired) electrons. The van der Waals surface area contributed by atoms with Gasteiger partial charge in [-0.25, -0.2) is 0 Å². The Morgan fingerprint density at radius 2 is 1.94 bits per heavy atom. The van der Waals surface area contributed by atoms with Gasteiger partial charge in [-0.15, -0.1) is 0 Å². The van der Waals surface area contributed by atoms with Crippen LogP contribution in [0.1, 0.15) is 68.7 Å². The Labute approximate surface area is 191 Å². The second-order valence-electron chi connectivity index (χ2n) is 9.84. The lowest BCUT2D eigenvalue weighted by Crippen LogP contribution is -2.64. The Bertz CT molecular complexity index is 1010. The highest BCUT2D eigenvalue weighted by molar-refractivity contribution is 5.93. The molecule has 4 rings (SSSR count). The smallest absolute Gasteiger partial charge is 0.310 e. The van der Waals surface area contributed by atoms with Crippen LogP contribution in [0.5, 0.6) is 0 Å². The molecule has 0 aromatic carbocycles. The van der Waals surface area contributed by atoms with E-state index in [1.165, 1.54) is 20.3 Å². The zero-order valence-electron chi connectivity index (χ0n) is 19.1. The number of fused-ring (bicyclic) bond motifs is 3. The fourth-order valence-electron chi connectivity index (χ4n) is 6.69. The number of ketones is 1. The van der Waals surface area contributed by atoms with E-state index in [0.717, 1.165) is 0 Å². The number of hydrogen-bond acceptors (Lipinski definition) is 9. The zero-order chi connectivity index (χ0) is 24.1. The van der Waals surface area contributed by atoms with Crippen molar-refractivity contribution in [1.82, 2.24) is 0 Å². The minimum atomic E-state index is -1.10. The highest BCUT2D eigenvalue weighted by Gasteiger charge is 2.67. The monoisotopic (exact) mass is 460 g/mol. The summed E-state index contributed by atoms with van der Waals surface area (Å²) in [7, 11) is 1.29. The number of Topliss-reactive ketones (excluding diaryl/α,β-unsaturated/α-hetero) is 1. The number of carbonyl (C=O) groups is 5. The van der Waals surface area contributed by atoms with Crippen LogP contribution in [0.15, 0.2) is 16.7 Å². The number of carbonyl (C=O) groups excluding carboxylic acids is 5. The first-order valence-corrected chi connectivity index (χ1v) is 11.1. The van der Waals surface area contributed by atoms with Crippen LogP contribution in [0.25, 0.3) is 0 Å². The van der Waals surface area contributed by atoms with E-state index in [2.05, 4.69) is 0 Å². The van der Waals surface area contributed by atoms with E-state index in [-0.39, 0.29) is 24.4 Å². The summed E-state index contributed by atoms with van der Waals surface area (Å²) in [6, 6.07) is 1.58. The van der Waals surface area contributed by atoms with Crippen molar-refractivity contribution in [3.63, 3.8) is 0 Å². The first-order chi connectivity index (χ1) is 15.6. The van der Waals surface area contributed by atoms with Crippen LogP contribution in [0.4, 0.5) is 0 Å². The number of cyclic esters (lactones) is 1. The molecule has 33 heavy (non-hydrogen) atoms. The molecule has 0 bridgehead atoms. The molecule has 0 N–H and O–H groups in total. The van der Waals surface area contributed by atoms with Gasteiger partial charge in [0.05, 0.1) is 25.2 Å². The van der Waals surface area contributed by atoms with Gasteiger partial charge in [0.15, 0.2) is 23.9 Å². The molecule has 3 aliphatic rings. The molecule has 178 valence electrons. The first kappa shape index (κ1) is 23.2. The SMILES string of the molecule is COC(=O)[C@@H]1C[C@H](OC(C)=O)C(=O)[C@H]2[C@@]1(C)CC[C@H]1C(=O)O[C@H](c3ccoc3C=O)C[C@]21C. The molecule has 2 heterocycles. The van der Waals surface area contributed by atoms with E-state index in [4.69, 9.17) is 18.6 Å². The van der Waals surface area contributed by atoms with Crippen molar-refractivity contribution < 1.29 is 42.6 Å². The Hall–Kier alpha value is -2.97. The highest BCUT2D eigenvalue weighted by Crippen LogP contribution is 2.65. The van der Waals surface area contributed by atoms with Crippen LogP contribution in [0.2, 0.25) is 0 Å². The molecule has 9 heteroatoms. The Morgan fingerprint density at radius 3 is 2.58 bits per heavy atom. The van der Waals surface area contributed by atoms with Gasteiger partial charge in [-0.2, -0.15) is 0 Å². The fraction of sp³-hybridized carbons (Fsp3) is 0.625. The minimum Gasteiger partial charge on any atom is -0.469 e. The minimum absolute atomic E-state index is 0.0454. The van der Waals surface area contributed by atoms with Crippen LogP contribution in [-0.4, -0.2) is 43.2 Å². The molecule has 0 amide bonds. The van der Waals surface area contributed by atoms with Crippen molar-refractivity contribution in [2.45, 2.75) is 58.7 Å². The van der Waals surface area contributed by atoms with Crippen LogP contribution >= 0.6 is 0 Å². The molecule has 1 aromatic heterocycles. The van der Waals surface area contributed by atoms with E-state index >= 15 is 0 Å². The molecular weight excluding hydrogens is 432 g/mol. The maximum atomic E-state index is 13.8. The van der Waals surface area contributed by atoms with Gasteiger partial charge in [0, 0.05) is 24.8 Å². The summed E-state index contributed by atoms with van der Waals surface area (Å²) in [5.74, 6) is -3.78. The van der Waals surface area contributed by atoms with Gasteiger partial charge in [-0.3, -0.25) is 24.0 Å². The third-order valence-corrected chi connectivity index (χ3v) is 8.08. The van der Waals surface area contributed by atoms with Gasteiger partial charge in [0.1, 0.15) is 6.10 Å². The topological polar surface area (TPSA) is 126 Å². The zero-order valence-corrected chi connectivity index (χ0v) is 19.1. The lowest BCUT2D eigenvalue weighted by Gasteiger charge is -2.61. The van der Waals surface area contributed by atoms with Gasteiger partial charge in [-0.1, -0.05) is 13.8 Å². The highest BCUT2D eigenvalue weighted by atomic mass is 16.6. The van der Waals surface area contributed by atoms with Crippen molar-refractivity contribution in [3.05, 3.63) is 23.7 Å². The molecule has 2 aliphatic carbocycles. The molecule has 2 saturated carbocycles. The summed E-state index contributed by atoms with van der Waals surface area (Å²) in [6.07, 6.45) is 1.22. The van der Waals surface area contributed by atoms with Crippen molar-refractivity contribution in [2.24, 2.45) is 28.6 Å². The summed E-state index contributed by atoms with van der Waals surface area (Å²) in [5, 5.41) is 0. The maximum absolute atomic E-state index is 13.8. The number of rotatable bonds is 4. The Morgan fingerprint density at radius 1 is 1.21 bits per heavy atom. The van der Waals surface area contributed by atoms with Gasteiger partial charge in [0.25, 0.3) is 0 Å². The summed E-state index contributed by atoms with van der Waals surface area (Å²) >= 11 is 0. The average Bonchev–Trinajstić information content (AvgIpc) is 3.23. The summed E-state index contributed by atoms with van der Waals surface area (Å²) < 4.78 is 21.3. The van der Waals surface area contributed by atoms with E-state index < -0.39 is 58.7 Å². The normalized spacial score (nSPS) is 37.9. The standard InChI is InChI=1S/C24H28O9/c1-12(26)32-16-9-15(21(28)30-4)23(2)7-5-14-22(29)33-17(13-6-8-31-18(13)11-25)10-24(14,3)20(23)19(16)27/h6,8,11,14-17,20H,5,7,9-10H2,1-4H3/t14-,15-,16-,17-,20-,23-,24-/m0/s1. The number of methoxy groups -OCH3 is 1. The molecule has 1 aromatic rings. The van der Waals surface area contributed by atoms with Crippen molar-refractivity contribution in [1.29, 1.82) is 0 Å².